The molecule has 5 heteroatoms. The number of fused-ring (bicyclic) bond motifs is 1. The Hall–Kier alpha value is -1.69. The van der Waals surface area contributed by atoms with E-state index in [2.05, 4.69) is 44.5 Å². The Balaban J connectivity index is 1.44. The van der Waals surface area contributed by atoms with Crippen LogP contribution >= 0.6 is 11.3 Å². The monoisotopic (exact) mass is 327 g/mol. The lowest BCUT2D eigenvalue weighted by atomic mass is 9.98. The van der Waals surface area contributed by atoms with Gasteiger partial charge in [0.1, 0.15) is 0 Å². The molecule has 1 saturated heterocycles. The largest absolute Gasteiger partial charge is 0.380 e. The van der Waals surface area contributed by atoms with Gasteiger partial charge in [-0.05, 0) is 41.5 Å². The van der Waals surface area contributed by atoms with E-state index in [0.29, 0.717) is 5.92 Å². The third-order valence-corrected chi connectivity index (χ3v) is 5.07. The summed E-state index contributed by atoms with van der Waals surface area (Å²) in [7, 11) is 0. The van der Waals surface area contributed by atoms with Crippen molar-refractivity contribution in [2.24, 2.45) is 5.92 Å². The summed E-state index contributed by atoms with van der Waals surface area (Å²) in [6.07, 6.45) is 3.06. The maximum absolute atomic E-state index is 5.84. The van der Waals surface area contributed by atoms with Crippen molar-refractivity contribution in [3.8, 4) is 0 Å². The van der Waals surface area contributed by atoms with E-state index in [1.807, 2.05) is 11.7 Å². The molecule has 0 bridgehead atoms. The van der Waals surface area contributed by atoms with Gasteiger partial charge in [-0.2, -0.15) is 0 Å². The van der Waals surface area contributed by atoms with Crippen molar-refractivity contribution in [3.05, 3.63) is 52.6 Å². The van der Waals surface area contributed by atoms with Crippen LogP contribution in [0, 0.1) is 5.92 Å². The second-order valence-electron chi connectivity index (χ2n) is 6.26. The summed E-state index contributed by atoms with van der Waals surface area (Å²) in [6.45, 7) is 4.66. The van der Waals surface area contributed by atoms with E-state index in [1.165, 1.54) is 22.2 Å². The number of benzene rings is 1. The molecule has 1 aromatic carbocycles. The van der Waals surface area contributed by atoms with Crippen molar-refractivity contribution in [2.75, 3.05) is 26.3 Å². The lowest BCUT2D eigenvalue weighted by molar-refractivity contribution is 0.121. The summed E-state index contributed by atoms with van der Waals surface area (Å²) in [5.74, 6) is 0.535. The van der Waals surface area contributed by atoms with Gasteiger partial charge in [-0.25, -0.2) is 4.98 Å². The average Bonchev–Trinajstić information content (AvgIpc) is 3.17. The molecule has 0 radical (unpaired) electrons. The van der Waals surface area contributed by atoms with Gasteiger partial charge in [0.15, 0.2) is 0 Å². The summed E-state index contributed by atoms with van der Waals surface area (Å²) in [4.78, 5) is 10.1. The van der Waals surface area contributed by atoms with E-state index in [9.17, 15) is 0 Å². The van der Waals surface area contributed by atoms with Crippen molar-refractivity contribution in [1.82, 2.24) is 14.9 Å². The average molecular weight is 327 g/mol. The molecular weight excluding hydrogens is 306 g/mol. The maximum atomic E-state index is 5.84. The van der Waals surface area contributed by atoms with Crippen LogP contribution in [0.15, 0.2) is 41.4 Å². The van der Waals surface area contributed by atoms with Crippen molar-refractivity contribution in [2.45, 2.75) is 13.0 Å². The Morgan fingerprint density at radius 1 is 1.35 bits per heavy atom. The van der Waals surface area contributed by atoms with Crippen molar-refractivity contribution in [3.63, 3.8) is 0 Å². The summed E-state index contributed by atoms with van der Waals surface area (Å²) in [6, 6.07) is 8.84. The molecule has 4 rings (SSSR count). The molecule has 120 valence electrons. The van der Waals surface area contributed by atoms with E-state index in [1.54, 1.807) is 11.3 Å². The minimum atomic E-state index is 0.535. The number of hydrogen-bond acceptors (Lipinski definition) is 4. The first-order chi connectivity index (χ1) is 11.4. The van der Waals surface area contributed by atoms with Crippen LogP contribution in [0.5, 0.6) is 0 Å². The number of ether oxygens (including phenoxy) is 1. The Morgan fingerprint density at radius 3 is 3.26 bits per heavy atom. The van der Waals surface area contributed by atoms with Crippen LogP contribution in [-0.4, -0.2) is 41.2 Å². The number of nitrogens with zero attached hydrogens (tertiary/aromatic N) is 2. The van der Waals surface area contributed by atoms with Gasteiger partial charge < -0.3 is 9.72 Å². The molecule has 1 aliphatic rings. The first-order valence-electron chi connectivity index (χ1n) is 8.10. The number of nitrogens with one attached hydrogen (secondary N) is 1. The van der Waals surface area contributed by atoms with Crippen molar-refractivity contribution < 1.29 is 4.74 Å². The zero-order chi connectivity index (χ0) is 15.5. The van der Waals surface area contributed by atoms with E-state index in [0.717, 1.165) is 39.3 Å². The maximum Gasteiger partial charge on any atom is 0.0795 e. The lowest BCUT2D eigenvalue weighted by Crippen LogP contribution is -2.30. The third-order valence-electron chi connectivity index (χ3n) is 4.43. The zero-order valence-corrected chi connectivity index (χ0v) is 13.9. The van der Waals surface area contributed by atoms with Gasteiger partial charge in [-0.1, -0.05) is 6.07 Å². The molecule has 0 aliphatic carbocycles. The summed E-state index contributed by atoms with van der Waals surface area (Å²) < 4.78 is 5.84. The second-order valence-corrected chi connectivity index (χ2v) is 6.98. The van der Waals surface area contributed by atoms with E-state index >= 15 is 0 Å². The smallest absolute Gasteiger partial charge is 0.0795 e. The van der Waals surface area contributed by atoms with E-state index in [-0.39, 0.29) is 0 Å². The zero-order valence-electron chi connectivity index (χ0n) is 13.1. The van der Waals surface area contributed by atoms with Gasteiger partial charge in [-0.3, -0.25) is 4.90 Å². The molecule has 0 saturated carbocycles. The highest BCUT2D eigenvalue weighted by molar-refractivity contribution is 7.07. The first kappa shape index (κ1) is 14.9. The predicted octanol–water partition coefficient (Wildman–Crippen LogP) is 3.32. The molecule has 23 heavy (non-hydrogen) atoms. The topological polar surface area (TPSA) is 41.1 Å². The first-order valence-corrected chi connectivity index (χ1v) is 9.04. The SMILES string of the molecule is c1cc2cc(CC3COCCN(Cc4cscn4)C3)ccc2[nH]1. The van der Waals surface area contributed by atoms with Gasteiger partial charge in [0.2, 0.25) is 0 Å². The van der Waals surface area contributed by atoms with Gasteiger partial charge in [0.25, 0.3) is 0 Å². The highest BCUT2D eigenvalue weighted by atomic mass is 32.1. The Morgan fingerprint density at radius 2 is 2.35 bits per heavy atom. The Kier molecular flexibility index (Phi) is 4.41. The summed E-state index contributed by atoms with van der Waals surface area (Å²) >= 11 is 1.67. The molecule has 1 fully saturated rings. The second kappa shape index (κ2) is 6.83. The standard InChI is InChI=1S/C18H21N3OS/c1-2-18-16(3-4-19-18)8-14(1)7-15-9-21(5-6-22-11-15)10-17-12-23-13-20-17/h1-4,8,12-13,15,19H,5-7,9-11H2. The van der Waals surface area contributed by atoms with E-state index in [4.69, 9.17) is 4.74 Å². The number of aromatic nitrogens is 2. The highest BCUT2D eigenvalue weighted by Crippen LogP contribution is 2.19. The summed E-state index contributed by atoms with van der Waals surface area (Å²) in [5.41, 5.74) is 5.68. The van der Waals surface area contributed by atoms with Crippen LogP contribution < -0.4 is 0 Å². The minimum Gasteiger partial charge on any atom is -0.380 e. The molecule has 0 amide bonds. The predicted molar refractivity (Wildman–Crippen MR) is 93.7 cm³/mol. The normalized spacial score (nSPS) is 19.9. The molecule has 2 aromatic heterocycles. The molecule has 1 atom stereocenters. The van der Waals surface area contributed by atoms with Gasteiger partial charge in [-0.15, -0.1) is 11.3 Å². The number of thiazole rings is 1. The lowest BCUT2D eigenvalue weighted by Gasteiger charge is -2.22. The van der Waals surface area contributed by atoms with Crippen LogP contribution in [0.25, 0.3) is 10.9 Å². The van der Waals surface area contributed by atoms with Crippen LogP contribution in [0.3, 0.4) is 0 Å². The molecule has 3 aromatic rings. The summed E-state index contributed by atoms with van der Waals surface area (Å²) in [5, 5.41) is 3.43. The third kappa shape index (κ3) is 3.63. The molecule has 1 aliphatic heterocycles. The number of aromatic amines is 1. The van der Waals surface area contributed by atoms with Crippen LogP contribution in [0.4, 0.5) is 0 Å². The fourth-order valence-electron chi connectivity index (χ4n) is 3.33. The molecule has 0 spiro atoms. The highest BCUT2D eigenvalue weighted by Gasteiger charge is 2.19. The van der Waals surface area contributed by atoms with Gasteiger partial charge >= 0.3 is 0 Å². The molecule has 1 unspecified atom stereocenters. The van der Waals surface area contributed by atoms with Crippen molar-refractivity contribution in [1.29, 1.82) is 0 Å². The van der Waals surface area contributed by atoms with Crippen LogP contribution in [0.2, 0.25) is 0 Å². The molecular formula is C18H21N3OS. The number of H-pyrrole nitrogens is 1. The number of rotatable bonds is 4. The van der Waals surface area contributed by atoms with E-state index < -0.39 is 0 Å². The van der Waals surface area contributed by atoms with Crippen LogP contribution in [0.1, 0.15) is 11.3 Å². The minimum absolute atomic E-state index is 0.535. The fraction of sp³-hybridized carbons (Fsp3) is 0.389. The van der Waals surface area contributed by atoms with Gasteiger partial charge in [0, 0.05) is 36.7 Å². The molecule has 3 heterocycles. The number of hydrogen-bond donors (Lipinski definition) is 1. The fourth-order valence-corrected chi connectivity index (χ4v) is 3.88. The van der Waals surface area contributed by atoms with Crippen molar-refractivity contribution >= 4 is 22.2 Å². The molecule has 1 N–H and O–H groups in total. The quantitative estimate of drug-likeness (QED) is 0.799. The van der Waals surface area contributed by atoms with Gasteiger partial charge in [0.05, 0.1) is 24.4 Å². The Bertz CT molecular complexity index is 753. The molecule has 4 nitrogen and oxygen atoms in total. The Labute approximate surface area is 140 Å². The van der Waals surface area contributed by atoms with Crippen LogP contribution in [-0.2, 0) is 17.7 Å².